The summed E-state index contributed by atoms with van der Waals surface area (Å²) < 4.78 is 0. The number of rotatable bonds is 3. The monoisotopic (exact) mass is 243 g/mol. The Labute approximate surface area is 99.3 Å². The maximum absolute atomic E-state index is 11.3. The van der Waals surface area contributed by atoms with Crippen molar-refractivity contribution in [3.63, 3.8) is 0 Å². The predicted octanol–water partition coefficient (Wildman–Crippen LogP) is 2.75. The first-order valence-electron chi connectivity index (χ1n) is 5.13. The highest BCUT2D eigenvalue weighted by Crippen LogP contribution is 2.44. The van der Waals surface area contributed by atoms with Gasteiger partial charge in [-0.15, -0.1) is 11.6 Å². The van der Waals surface area contributed by atoms with Gasteiger partial charge in [0.25, 0.3) is 0 Å². The highest BCUT2D eigenvalue weighted by Gasteiger charge is 2.31. The van der Waals surface area contributed by atoms with Crippen molar-refractivity contribution in [3.05, 3.63) is 22.8 Å². The van der Waals surface area contributed by atoms with Gasteiger partial charge in [0.1, 0.15) is 0 Å². The fourth-order valence-corrected chi connectivity index (χ4v) is 3.43. The van der Waals surface area contributed by atoms with Crippen LogP contribution in [0.15, 0.2) is 22.8 Å². The van der Waals surface area contributed by atoms with Gasteiger partial charge in [-0.05, 0) is 18.9 Å². The average molecular weight is 244 g/mol. The lowest BCUT2D eigenvalue weighted by Gasteiger charge is -2.21. The number of ketones is 1. The smallest absolute Gasteiger partial charge is 0.160 e. The Bertz CT molecular complexity index is 337. The average Bonchev–Trinajstić information content (AvgIpc) is 2.52. The first kappa shape index (κ1) is 11.1. The van der Waals surface area contributed by atoms with E-state index in [9.17, 15) is 4.79 Å². The van der Waals surface area contributed by atoms with E-state index in [4.69, 9.17) is 11.6 Å². The van der Waals surface area contributed by atoms with Crippen molar-refractivity contribution < 1.29 is 4.79 Å². The normalized spacial score (nSPS) is 25.1. The van der Waals surface area contributed by atoms with E-state index in [1.165, 1.54) is 5.70 Å². The molecule has 0 saturated carbocycles. The molecular weight excluding hydrogens is 230 g/mol. The molecule has 0 aromatic rings. The number of hydrogen-bond donors (Lipinski definition) is 0. The first-order chi connectivity index (χ1) is 7.22. The zero-order valence-corrected chi connectivity index (χ0v) is 10.3. The summed E-state index contributed by atoms with van der Waals surface area (Å²) in [6, 6.07) is 0. The van der Waals surface area contributed by atoms with Crippen molar-refractivity contribution in [3.8, 4) is 0 Å². The molecular formula is C11H14ClNOS. The van der Waals surface area contributed by atoms with Crippen molar-refractivity contribution in [2.24, 2.45) is 0 Å². The van der Waals surface area contributed by atoms with Crippen LogP contribution < -0.4 is 0 Å². The van der Waals surface area contributed by atoms with E-state index in [1.807, 2.05) is 6.08 Å². The number of likely N-dealkylation sites (N-methyl/N-ethyl adjacent to an activating group) is 1. The molecule has 0 N–H and O–H groups in total. The van der Waals surface area contributed by atoms with E-state index in [0.29, 0.717) is 17.7 Å². The number of fused-ring (bicyclic) bond motifs is 1. The minimum atomic E-state index is 0.215. The Hall–Kier alpha value is -0.410. The summed E-state index contributed by atoms with van der Waals surface area (Å²) in [6.45, 7) is 0. The van der Waals surface area contributed by atoms with E-state index < -0.39 is 0 Å². The zero-order chi connectivity index (χ0) is 10.8. The Kier molecular flexibility index (Phi) is 3.42. The Morgan fingerprint density at radius 3 is 3.20 bits per heavy atom. The number of halogens is 1. The fraction of sp³-hybridized carbons (Fsp3) is 0.545. The molecule has 0 radical (unpaired) electrons. The van der Waals surface area contributed by atoms with Crippen molar-refractivity contribution in [2.75, 3.05) is 12.9 Å². The molecule has 0 bridgehead atoms. The SMILES string of the molecule is CN1C2=CCC(=O)C=C2SC1CCCCl. The van der Waals surface area contributed by atoms with E-state index in [0.717, 1.165) is 17.7 Å². The van der Waals surface area contributed by atoms with Crippen LogP contribution in [0.5, 0.6) is 0 Å². The van der Waals surface area contributed by atoms with Crippen molar-refractivity contribution >= 4 is 29.1 Å². The van der Waals surface area contributed by atoms with E-state index in [1.54, 1.807) is 17.8 Å². The van der Waals surface area contributed by atoms with Gasteiger partial charge in [-0.3, -0.25) is 4.79 Å². The van der Waals surface area contributed by atoms with Crippen LogP contribution in [0.25, 0.3) is 0 Å². The number of thioether (sulfide) groups is 1. The molecule has 2 aliphatic rings. The molecule has 1 aliphatic heterocycles. The number of carbonyl (C=O) groups is 1. The molecule has 0 aromatic carbocycles. The van der Waals surface area contributed by atoms with Gasteiger partial charge in [0.05, 0.1) is 5.37 Å². The van der Waals surface area contributed by atoms with E-state index in [2.05, 4.69) is 11.9 Å². The lowest BCUT2D eigenvalue weighted by atomic mass is 10.1. The maximum atomic E-state index is 11.3. The third-order valence-corrected chi connectivity index (χ3v) is 4.37. The van der Waals surface area contributed by atoms with Gasteiger partial charge in [-0.1, -0.05) is 17.8 Å². The topological polar surface area (TPSA) is 20.3 Å². The lowest BCUT2D eigenvalue weighted by molar-refractivity contribution is -0.113. The molecule has 0 spiro atoms. The van der Waals surface area contributed by atoms with Gasteiger partial charge >= 0.3 is 0 Å². The van der Waals surface area contributed by atoms with Crippen LogP contribution in [0.1, 0.15) is 19.3 Å². The molecule has 0 amide bonds. The maximum Gasteiger partial charge on any atom is 0.160 e. The standard InChI is InChI=1S/C11H14ClNOS/c1-13-9-5-4-8(14)7-10(9)15-11(13)3-2-6-12/h5,7,11H,2-4,6H2,1H3. The summed E-state index contributed by atoms with van der Waals surface area (Å²) in [5.41, 5.74) is 1.22. The van der Waals surface area contributed by atoms with Crippen LogP contribution in [0.3, 0.4) is 0 Å². The molecule has 1 heterocycles. The highest BCUT2D eigenvalue weighted by atomic mass is 35.5. The Balaban J connectivity index is 2.09. The molecule has 0 aromatic heterocycles. The van der Waals surface area contributed by atoms with Gasteiger partial charge < -0.3 is 4.90 Å². The molecule has 2 nitrogen and oxygen atoms in total. The molecule has 1 atom stereocenters. The molecule has 1 unspecified atom stereocenters. The fourth-order valence-electron chi connectivity index (χ4n) is 1.87. The van der Waals surface area contributed by atoms with Crippen molar-refractivity contribution in [1.82, 2.24) is 4.90 Å². The minimum absolute atomic E-state index is 0.215. The van der Waals surface area contributed by atoms with Gasteiger partial charge in [0.2, 0.25) is 0 Å². The molecule has 15 heavy (non-hydrogen) atoms. The summed E-state index contributed by atoms with van der Waals surface area (Å²) in [5.74, 6) is 0.926. The molecule has 1 saturated heterocycles. The van der Waals surface area contributed by atoms with Gasteiger partial charge in [0.15, 0.2) is 5.78 Å². The Morgan fingerprint density at radius 1 is 1.67 bits per heavy atom. The molecule has 82 valence electrons. The second-order valence-electron chi connectivity index (χ2n) is 3.78. The number of allylic oxidation sites excluding steroid dienone is 2. The van der Waals surface area contributed by atoms with Gasteiger partial charge in [0, 0.05) is 30.0 Å². The summed E-state index contributed by atoms with van der Waals surface area (Å²) in [5, 5.41) is 0.451. The third-order valence-electron chi connectivity index (χ3n) is 2.70. The molecule has 1 fully saturated rings. The number of carbonyl (C=O) groups excluding carboxylic acids is 1. The lowest BCUT2D eigenvalue weighted by Crippen LogP contribution is -2.22. The first-order valence-corrected chi connectivity index (χ1v) is 6.54. The van der Waals surface area contributed by atoms with Crippen LogP contribution in [0.4, 0.5) is 0 Å². The van der Waals surface area contributed by atoms with Crippen molar-refractivity contribution in [2.45, 2.75) is 24.6 Å². The second kappa shape index (κ2) is 4.62. The van der Waals surface area contributed by atoms with Gasteiger partial charge in [-0.25, -0.2) is 0 Å². The molecule has 1 aliphatic carbocycles. The minimum Gasteiger partial charge on any atom is -0.362 e. The van der Waals surface area contributed by atoms with Crippen LogP contribution in [-0.2, 0) is 4.79 Å². The predicted molar refractivity (Wildman–Crippen MR) is 64.9 cm³/mol. The van der Waals surface area contributed by atoms with Crippen LogP contribution in [0, 0.1) is 0 Å². The number of nitrogens with zero attached hydrogens (tertiary/aromatic N) is 1. The summed E-state index contributed by atoms with van der Waals surface area (Å²) in [6.07, 6.45) is 6.46. The van der Waals surface area contributed by atoms with Crippen LogP contribution >= 0.6 is 23.4 Å². The summed E-state index contributed by atoms with van der Waals surface area (Å²) in [4.78, 5) is 14.7. The second-order valence-corrected chi connectivity index (χ2v) is 5.38. The van der Waals surface area contributed by atoms with Gasteiger partial charge in [-0.2, -0.15) is 0 Å². The largest absolute Gasteiger partial charge is 0.362 e. The van der Waals surface area contributed by atoms with Crippen molar-refractivity contribution in [1.29, 1.82) is 0 Å². The third kappa shape index (κ3) is 2.23. The molecule has 2 rings (SSSR count). The van der Waals surface area contributed by atoms with Crippen LogP contribution in [-0.4, -0.2) is 29.0 Å². The van der Waals surface area contributed by atoms with E-state index >= 15 is 0 Å². The van der Waals surface area contributed by atoms with E-state index in [-0.39, 0.29) is 5.78 Å². The Morgan fingerprint density at radius 2 is 2.47 bits per heavy atom. The number of hydrogen-bond acceptors (Lipinski definition) is 3. The van der Waals surface area contributed by atoms with Crippen LogP contribution in [0.2, 0.25) is 0 Å². The molecule has 4 heteroatoms. The quantitative estimate of drug-likeness (QED) is 0.711. The summed E-state index contributed by atoms with van der Waals surface area (Å²) >= 11 is 7.48. The summed E-state index contributed by atoms with van der Waals surface area (Å²) in [7, 11) is 2.09. The zero-order valence-electron chi connectivity index (χ0n) is 8.70. The highest BCUT2D eigenvalue weighted by molar-refractivity contribution is 8.04. The number of alkyl halides is 1.